The Balaban J connectivity index is 2.23. The standard InChI is InChI=1S/C13H19N5/c1-3-7-18-10-12(9-17-18)13(14-4-2)11-5-6-15-16-8-11/h5-6,8-10,13-14H,3-4,7H2,1-2H3. The van der Waals surface area contributed by atoms with Crippen molar-refractivity contribution in [1.29, 1.82) is 0 Å². The lowest BCUT2D eigenvalue weighted by atomic mass is 10.0. The number of rotatable bonds is 6. The summed E-state index contributed by atoms with van der Waals surface area (Å²) in [6.07, 6.45) is 8.62. The van der Waals surface area contributed by atoms with Gasteiger partial charge in [-0.2, -0.15) is 15.3 Å². The molecule has 1 atom stereocenters. The molecule has 0 aliphatic rings. The lowest BCUT2D eigenvalue weighted by Gasteiger charge is -2.15. The van der Waals surface area contributed by atoms with Crippen LogP contribution >= 0.6 is 0 Å². The van der Waals surface area contributed by atoms with Crippen LogP contribution in [0.2, 0.25) is 0 Å². The molecule has 2 aromatic heterocycles. The average molecular weight is 245 g/mol. The molecule has 5 nitrogen and oxygen atoms in total. The highest BCUT2D eigenvalue weighted by atomic mass is 15.3. The Labute approximate surface area is 107 Å². The van der Waals surface area contributed by atoms with Gasteiger partial charge in [-0.3, -0.25) is 4.68 Å². The third-order valence-corrected chi connectivity index (χ3v) is 2.79. The van der Waals surface area contributed by atoms with Gasteiger partial charge in [0.25, 0.3) is 0 Å². The summed E-state index contributed by atoms with van der Waals surface area (Å²) in [5, 5.41) is 15.6. The van der Waals surface area contributed by atoms with Gasteiger partial charge in [0, 0.05) is 24.5 Å². The van der Waals surface area contributed by atoms with Gasteiger partial charge in [0.05, 0.1) is 18.4 Å². The molecule has 5 heteroatoms. The monoisotopic (exact) mass is 245 g/mol. The molecule has 0 aliphatic carbocycles. The van der Waals surface area contributed by atoms with Gasteiger partial charge in [0.15, 0.2) is 0 Å². The molecule has 2 rings (SSSR count). The maximum Gasteiger partial charge on any atom is 0.0624 e. The van der Waals surface area contributed by atoms with Gasteiger partial charge in [-0.05, 0) is 24.6 Å². The minimum absolute atomic E-state index is 0.135. The van der Waals surface area contributed by atoms with Gasteiger partial charge in [0.1, 0.15) is 0 Å². The van der Waals surface area contributed by atoms with Crippen LogP contribution < -0.4 is 5.32 Å². The molecule has 0 saturated carbocycles. The van der Waals surface area contributed by atoms with Crippen LogP contribution in [0.4, 0.5) is 0 Å². The largest absolute Gasteiger partial charge is 0.306 e. The Bertz CT molecular complexity index is 465. The molecule has 2 heterocycles. The Hall–Kier alpha value is -1.75. The van der Waals surface area contributed by atoms with Crippen LogP contribution in [0.25, 0.3) is 0 Å². The van der Waals surface area contributed by atoms with Crippen molar-refractivity contribution in [3.8, 4) is 0 Å². The molecule has 18 heavy (non-hydrogen) atoms. The molecule has 0 bridgehead atoms. The van der Waals surface area contributed by atoms with E-state index in [1.54, 1.807) is 12.4 Å². The highest BCUT2D eigenvalue weighted by Crippen LogP contribution is 2.20. The number of nitrogens with one attached hydrogen (secondary N) is 1. The van der Waals surface area contributed by atoms with Gasteiger partial charge in [0.2, 0.25) is 0 Å². The van der Waals surface area contributed by atoms with E-state index >= 15 is 0 Å². The third kappa shape index (κ3) is 2.92. The van der Waals surface area contributed by atoms with E-state index in [4.69, 9.17) is 0 Å². The van der Waals surface area contributed by atoms with E-state index in [0.717, 1.165) is 25.1 Å². The zero-order valence-corrected chi connectivity index (χ0v) is 10.9. The second-order valence-electron chi connectivity index (χ2n) is 4.20. The molecule has 2 aromatic rings. The predicted octanol–water partition coefficient (Wildman–Crippen LogP) is 1.78. The molecule has 0 spiro atoms. The van der Waals surface area contributed by atoms with Crippen LogP contribution in [-0.4, -0.2) is 26.5 Å². The molecule has 0 amide bonds. The normalized spacial score (nSPS) is 12.6. The Morgan fingerprint density at radius 2 is 2.11 bits per heavy atom. The van der Waals surface area contributed by atoms with Crippen LogP contribution in [0, 0.1) is 0 Å². The molecule has 0 aromatic carbocycles. The molecule has 1 unspecified atom stereocenters. The van der Waals surface area contributed by atoms with Crippen LogP contribution in [0.15, 0.2) is 30.9 Å². The van der Waals surface area contributed by atoms with Crippen molar-refractivity contribution in [3.05, 3.63) is 42.0 Å². The first kappa shape index (κ1) is 12.7. The summed E-state index contributed by atoms with van der Waals surface area (Å²) in [6.45, 7) is 6.09. The molecule has 96 valence electrons. The van der Waals surface area contributed by atoms with Crippen LogP contribution in [0.5, 0.6) is 0 Å². The van der Waals surface area contributed by atoms with E-state index < -0.39 is 0 Å². The number of nitrogens with zero attached hydrogens (tertiary/aromatic N) is 4. The fourth-order valence-electron chi connectivity index (χ4n) is 1.98. The first-order valence-electron chi connectivity index (χ1n) is 6.37. The summed E-state index contributed by atoms with van der Waals surface area (Å²) in [5.41, 5.74) is 2.28. The van der Waals surface area contributed by atoms with Crippen molar-refractivity contribution in [2.24, 2.45) is 0 Å². The van der Waals surface area contributed by atoms with E-state index in [9.17, 15) is 0 Å². The molecule has 0 radical (unpaired) electrons. The van der Waals surface area contributed by atoms with Gasteiger partial charge in [-0.1, -0.05) is 13.8 Å². The number of aryl methyl sites for hydroxylation is 1. The summed E-state index contributed by atoms with van der Waals surface area (Å²) < 4.78 is 1.98. The van der Waals surface area contributed by atoms with Crippen molar-refractivity contribution in [2.75, 3.05) is 6.54 Å². The Morgan fingerprint density at radius 3 is 2.78 bits per heavy atom. The zero-order chi connectivity index (χ0) is 12.8. The molecule has 1 N–H and O–H groups in total. The molecule has 0 aliphatic heterocycles. The van der Waals surface area contributed by atoms with Crippen molar-refractivity contribution in [2.45, 2.75) is 32.9 Å². The van der Waals surface area contributed by atoms with Gasteiger partial charge < -0.3 is 5.32 Å². The minimum Gasteiger partial charge on any atom is -0.306 e. The highest BCUT2D eigenvalue weighted by Gasteiger charge is 2.14. The lowest BCUT2D eigenvalue weighted by molar-refractivity contribution is 0.596. The molecule has 0 fully saturated rings. The smallest absolute Gasteiger partial charge is 0.0624 e. The van der Waals surface area contributed by atoms with Crippen molar-refractivity contribution in [1.82, 2.24) is 25.3 Å². The Kier molecular flexibility index (Phi) is 4.41. The minimum atomic E-state index is 0.135. The number of hydrogen-bond acceptors (Lipinski definition) is 4. The second kappa shape index (κ2) is 6.26. The summed E-state index contributed by atoms with van der Waals surface area (Å²) in [5.74, 6) is 0. The maximum absolute atomic E-state index is 4.38. The van der Waals surface area contributed by atoms with Crippen molar-refractivity contribution < 1.29 is 0 Å². The van der Waals surface area contributed by atoms with Crippen LogP contribution in [0.1, 0.15) is 37.4 Å². The van der Waals surface area contributed by atoms with Crippen LogP contribution in [-0.2, 0) is 6.54 Å². The first-order chi connectivity index (χ1) is 8.85. The SMILES string of the molecule is CCCn1cc(C(NCC)c2ccnnc2)cn1. The first-order valence-corrected chi connectivity index (χ1v) is 6.37. The predicted molar refractivity (Wildman–Crippen MR) is 70.1 cm³/mol. The summed E-state index contributed by atoms with van der Waals surface area (Å²) in [4.78, 5) is 0. The quantitative estimate of drug-likeness (QED) is 0.843. The van der Waals surface area contributed by atoms with E-state index in [1.165, 1.54) is 5.56 Å². The Morgan fingerprint density at radius 1 is 1.22 bits per heavy atom. The molecule has 0 saturated heterocycles. The molecular weight excluding hydrogens is 226 g/mol. The summed E-state index contributed by atoms with van der Waals surface area (Å²) in [6, 6.07) is 2.12. The van der Waals surface area contributed by atoms with E-state index in [-0.39, 0.29) is 6.04 Å². The van der Waals surface area contributed by atoms with Gasteiger partial charge in [-0.15, -0.1) is 0 Å². The van der Waals surface area contributed by atoms with E-state index in [0.29, 0.717) is 0 Å². The zero-order valence-electron chi connectivity index (χ0n) is 10.9. The van der Waals surface area contributed by atoms with E-state index in [1.807, 2.05) is 16.9 Å². The summed E-state index contributed by atoms with van der Waals surface area (Å²) >= 11 is 0. The fourth-order valence-corrected chi connectivity index (χ4v) is 1.98. The van der Waals surface area contributed by atoms with Gasteiger partial charge >= 0.3 is 0 Å². The van der Waals surface area contributed by atoms with Crippen molar-refractivity contribution >= 4 is 0 Å². The second-order valence-corrected chi connectivity index (χ2v) is 4.20. The summed E-state index contributed by atoms with van der Waals surface area (Å²) in [7, 11) is 0. The van der Waals surface area contributed by atoms with Crippen LogP contribution in [0.3, 0.4) is 0 Å². The fraction of sp³-hybridized carbons (Fsp3) is 0.462. The maximum atomic E-state index is 4.38. The number of hydrogen-bond donors (Lipinski definition) is 1. The topological polar surface area (TPSA) is 55.6 Å². The van der Waals surface area contributed by atoms with E-state index in [2.05, 4.69) is 40.7 Å². The highest BCUT2D eigenvalue weighted by molar-refractivity contribution is 5.25. The molecular formula is C13H19N5. The lowest BCUT2D eigenvalue weighted by Crippen LogP contribution is -2.21. The average Bonchev–Trinajstić information content (AvgIpc) is 2.86. The number of aromatic nitrogens is 4. The third-order valence-electron chi connectivity index (χ3n) is 2.79. The van der Waals surface area contributed by atoms with Gasteiger partial charge in [-0.25, -0.2) is 0 Å². The van der Waals surface area contributed by atoms with Crippen molar-refractivity contribution in [3.63, 3.8) is 0 Å².